The van der Waals surface area contributed by atoms with E-state index in [0.717, 1.165) is 12.8 Å². The van der Waals surface area contributed by atoms with Crippen LogP contribution in [0.15, 0.2) is 41.4 Å². The van der Waals surface area contributed by atoms with Gasteiger partial charge < -0.3 is 9.47 Å². The second-order valence-electron chi connectivity index (χ2n) is 6.68. The summed E-state index contributed by atoms with van der Waals surface area (Å²) < 4.78 is 39.0. The third-order valence-corrected chi connectivity index (χ3v) is 4.79. The van der Waals surface area contributed by atoms with E-state index in [0.29, 0.717) is 16.7 Å². The smallest absolute Gasteiger partial charge is 0.165 e. The van der Waals surface area contributed by atoms with E-state index in [2.05, 4.69) is 22.4 Å². The number of hydrogen-bond acceptors (Lipinski definition) is 4. The molecule has 0 amide bonds. The minimum absolute atomic E-state index is 0.148. The van der Waals surface area contributed by atoms with E-state index in [1.807, 2.05) is 6.92 Å². The topological polar surface area (TPSA) is 30.8 Å². The van der Waals surface area contributed by atoms with E-state index in [1.54, 1.807) is 18.2 Å². The molecule has 1 fully saturated rings. The first-order valence-electron chi connectivity index (χ1n) is 8.27. The maximum Gasteiger partial charge on any atom is 0.165 e. The molecular formula is C20H19F2NO2S. The van der Waals surface area contributed by atoms with Gasteiger partial charge in [0.2, 0.25) is 0 Å². The molecule has 26 heavy (non-hydrogen) atoms. The molecule has 0 atom stereocenters. The summed E-state index contributed by atoms with van der Waals surface area (Å²) in [5.41, 5.74) is 1.33. The number of halogens is 2. The molecule has 1 aliphatic carbocycles. The highest BCUT2D eigenvalue weighted by atomic mass is 32.1. The van der Waals surface area contributed by atoms with Crippen molar-refractivity contribution in [1.29, 1.82) is 0 Å². The van der Waals surface area contributed by atoms with Crippen molar-refractivity contribution in [2.75, 3.05) is 7.11 Å². The van der Waals surface area contributed by atoms with Crippen LogP contribution in [0.1, 0.15) is 25.3 Å². The Morgan fingerprint density at radius 1 is 1.15 bits per heavy atom. The van der Waals surface area contributed by atoms with Gasteiger partial charge in [-0.05, 0) is 61.3 Å². The van der Waals surface area contributed by atoms with Crippen molar-refractivity contribution >= 4 is 17.4 Å². The zero-order valence-electron chi connectivity index (χ0n) is 14.6. The highest BCUT2D eigenvalue weighted by Gasteiger charge is 2.41. The van der Waals surface area contributed by atoms with Crippen molar-refractivity contribution in [2.45, 2.75) is 38.0 Å². The Hall–Kier alpha value is -2.14. The van der Waals surface area contributed by atoms with Crippen molar-refractivity contribution in [3.63, 3.8) is 0 Å². The van der Waals surface area contributed by atoms with Gasteiger partial charge in [0.05, 0.1) is 30.5 Å². The van der Waals surface area contributed by atoms with Gasteiger partial charge in [-0.2, -0.15) is 0 Å². The summed E-state index contributed by atoms with van der Waals surface area (Å²) in [6.45, 7) is 2.16. The molecule has 0 unspecified atom stereocenters. The molecule has 3 nitrogen and oxygen atoms in total. The van der Waals surface area contributed by atoms with Crippen molar-refractivity contribution in [1.82, 2.24) is 0 Å². The Bertz CT molecular complexity index is 859. The monoisotopic (exact) mass is 375 g/mol. The Morgan fingerprint density at radius 3 is 2.38 bits per heavy atom. The highest BCUT2D eigenvalue weighted by Crippen LogP contribution is 2.38. The largest absolute Gasteiger partial charge is 0.494 e. The zero-order chi connectivity index (χ0) is 18.7. The van der Waals surface area contributed by atoms with Crippen LogP contribution in [0.2, 0.25) is 0 Å². The number of benzene rings is 2. The minimum atomic E-state index is -0.482. The first-order valence-corrected chi connectivity index (χ1v) is 8.68. The number of rotatable bonds is 6. The van der Waals surface area contributed by atoms with Gasteiger partial charge >= 0.3 is 0 Å². The third-order valence-electron chi connectivity index (χ3n) is 4.68. The molecule has 0 aliphatic heterocycles. The van der Waals surface area contributed by atoms with Gasteiger partial charge in [-0.1, -0.05) is 18.2 Å². The molecule has 2 aromatic carbocycles. The van der Waals surface area contributed by atoms with Crippen LogP contribution in [0.5, 0.6) is 5.75 Å². The normalized spacial score (nSPS) is 21.6. The van der Waals surface area contributed by atoms with Crippen LogP contribution in [-0.4, -0.2) is 23.9 Å². The number of methoxy groups -OCH3 is 1. The van der Waals surface area contributed by atoms with Gasteiger partial charge in [-0.25, -0.2) is 13.8 Å². The molecule has 3 rings (SSSR count). The summed E-state index contributed by atoms with van der Waals surface area (Å²) in [6.07, 6.45) is 1.50. The van der Waals surface area contributed by atoms with Crippen LogP contribution in [0.4, 0.5) is 8.78 Å². The lowest BCUT2D eigenvalue weighted by atomic mass is 9.77. The Kier molecular flexibility index (Phi) is 5.47. The average molecular weight is 375 g/mol. The van der Waals surface area contributed by atoms with Gasteiger partial charge in [0.15, 0.2) is 11.6 Å². The van der Waals surface area contributed by atoms with Crippen LogP contribution in [0.25, 0.3) is 11.1 Å². The maximum absolute atomic E-state index is 14.4. The third kappa shape index (κ3) is 3.98. The van der Waals surface area contributed by atoms with Gasteiger partial charge in [0, 0.05) is 5.56 Å². The second-order valence-corrected chi connectivity index (χ2v) is 6.86. The minimum Gasteiger partial charge on any atom is -0.494 e. The van der Waals surface area contributed by atoms with Gasteiger partial charge in [-0.3, -0.25) is 0 Å². The lowest BCUT2D eigenvalue weighted by Gasteiger charge is -2.42. The van der Waals surface area contributed by atoms with E-state index < -0.39 is 5.82 Å². The second kappa shape index (κ2) is 7.62. The molecule has 0 saturated heterocycles. The van der Waals surface area contributed by atoms with Crippen LogP contribution >= 0.6 is 12.2 Å². The van der Waals surface area contributed by atoms with Crippen LogP contribution in [0.3, 0.4) is 0 Å². The van der Waals surface area contributed by atoms with Gasteiger partial charge in [0.1, 0.15) is 5.82 Å². The van der Waals surface area contributed by atoms with Gasteiger partial charge in [-0.15, -0.1) is 0 Å². The molecule has 0 spiro atoms. The molecule has 0 radical (unpaired) electrons. The molecule has 6 heteroatoms. The number of hydrogen-bond donors (Lipinski definition) is 0. The first-order chi connectivity index (χ1) is 12.4. The number of nitrogens with zero attached hydrogens (tertiary/aromatic N) is 1. The first kappa shape index (κ1) is 18.6. The SMILES string of the molecule is COc1ccc(-c2ccc(COC3(C)CC(N=C=S)C3)c(F)c2)cc1F. The molecule has 0 aromatic heterocycles. The maximum atomic E-state index is 14.4. The van der Waals surface area contributed by atoms with E-state index in [4.69, 9.17) is 9.47 Å². The summed E-state index contributed by atoms with van der Waals surface area (Å²) in [6, 6.07) is 9.51. The molecule has 0 bridgehead atoms. The Morgan fingerprint density at radius 2 is 1.81 bits per heavy atom. The molecule has 136 valence electrons. The lowest BCUT2D eigenvalue weighted by molar-refractivity contribution is -0.104. The van der Waals surface area contributed by atoms with E-state index in [1.165, 1.54) is 25.3 Å². The van der Waals surface area contributed by atoms with E-state index in [-0.39, 0.29) is 29.8 Å². The van der Waals surface area contributed by atoms with Crippen LogP contribution < -0.4 is 4.74 Å². The molecule has 0 N–H and O–H groups in total. The number of isothiocyanates is 1. The van der Waals surface area contributed by atoms with Crippen molar-refractivity contribution in [3.8, 4) is 16.9 Å². The molecule has 2 aromatic rings. The lowest BCUT2D eigenvalue weighted by Crippen LogP contribution is -2.45. The number of aliphatic imine (C=N–C) groups is 1. The fraction of sp³-hybridized carbons (Fsp3) is 0.350. The average Bonchev–Trinajstić information content (AvgIpc) is 2.59. The molecule has 1 aliphatic rings. The Labute approximate surface area is 156 Å². The predicted octanol–water partition coefficient (Wildman–Crippen LogP) is 5.18. The van der Waals surface area contributed by atoms with E-state index >= 15 is 0 Å². The summed E-state index contributed by atoms with van der Waals surface area (Å²) in [5, 5.41) is 2.38. The predicted molar refractivity (Wildman–Crippen MR) is 99.6 cm³/mol. The molecule has 0 heterocycles. The summed E-state index contributed by atoms with van der Waals surface area (Å²) in [4.78, 5) is 4.03. The van der Waals surface area contributed by atoms with Crippen LogP contribution in [0, 0.1) is 11.6 Å². The fourth-order valence-corrected chi connectivity index (χ4v) is 3.31. The van der Waals surface area contributed by atoms with Crippen LogP contribution in [-0.2, 0) is 11.3 Å². The van der Waals surface area contributed by atoms with Crippen molar-refractivity contribution < 1.29 is 18.3 Å². The fourth-order valence-electron chi connectivity index (χ4n) is 3.16. The van der Waals surface area contributed by atoms with Gasteiger partial charge in [0.25, 0.3) is 0 Å². The zero-order valence-corrected chi connectivity index (χ0v) is 15.4. The quantitative estimate of drug-likeness (QED) is 0.515. The van der Waals surface area contributed by atoms with Crippen molar-refractivity contribution in [3.05, 3.63) is 53.6 Å². The summed E-state index contributed by atoms with van der Waals surface area (Å²) in [7, 11) is 1.40. The highest BCUT2D eigenvalue weighted by molar-refractivity contribution is 7.78. The standard InChI is InChI=1S/C20H19F2NO2S/c1-20(9-16(10-20)23-12-26)25-11-15-4-3-13(7-17(15)21)14-5-6-19(24-2)18(22)8-14/h3-8,16H,9-11H2,1-2H3. The Balaban J connectivity index is 1.68. The summed E-state index contributed by atoms with van der Waals surface area (Å²) in [5.74, 6) is -0.705. The number of thiocarbonyl (C=S) groups is 1. The van der Waals surface area contributed by atoms with Crippen molar-refractivity contribution in [2.24, 2.45) is 4.99 Å². The molecule has 1 saturated carbocycles. The number of ether oxygens (including phenoxy) is 2. The molecular weight excluding hydrogens is 356 g/mol. The van der Waals surface area contributed by atoms with E-state index in [9.17, 15) is 8.78 Å². The summed E-state index contributed by atoms with van der Waals surface area (Å²) >= 11 is 4.60.